The molecule has 0 aliphatic carbocycles. The number of halogens is 1. The zero-order valence-corrected chi connectivity index (χ0v) is 11.5. The van der Waals surface area contributed by atoms with Crippen LogP contribution in [0.25, 0.3) is 0 Å². The molecule has 17 heavy (non-hydrogen) atoms. The molecule has 1 nitrogen and oxygen atoms in total. The molecule has 0 aromatic heterocycles. The van der Waals surface area contributed by atoms with Crippen LogP contribution in [0.2, 0.25) is 0 Å². The Balaban J connectivity index is 1.95. The van der Waals surface area contributed by atoms with Crippen molar-refractivity contribution in [2.45, 2.75) is 32.6 Å². The van der Waals surface area contributed by atoms with E-state index < -0.39 is 0 Å². The molecule has 0 fully saturated rings. The molecule has 96 valence electrons. The summed E-state index contributed by atoms with van der Waals surface area (Å²) in [6.07, 6.45) is 4.82. The first-order valence-corrected chi connectivity index (χ1v) is 7.17. The molecule has 0 saturated carbocycles. The van der Waals surface area contributed by atoms with Crippen molar-refractivity contribution in [3.8, 4) is 0 Å². The minimum absolute atomic E-state index is 0.696. The fraction of sp³-hybridized carbons (Fsp3) is 0.600. The molecule has 1 unspecified atom stereocenters. The van der Waals surface area contributed by atoms with Crippen molar-refractivity contribution in [1.29, 1.82) is 0 Å². The SMILES string of the molecule is CC(CCCl)CNCCCCc1ccccc1. The van der Waals surface area contributed by atoms with E-state index in [-0.39, 0.29) is 0 Å². The normalized spacial score (nSPS) is 12.6. The van der Waals surface area contributed by atoms with Gasteiger partial charge in [0.05, 0.1) is 0 Å². The van der Waals surface area contributed by atoms with Gasteiger partial charge >= 0.3 is 0 Å². The van der Waals surface area contributed by atoms with Gasteiger partial charge in [0.2, 0.25) is 0 Å². The lowest BCUT2D eigenvalue weighted by atomic mass is 10.1. The van der Waals surface area contributed by atoms with E-state index >= 15 is 0 Å². The first-order valence-electron chi connectivity index (χ1n) is 6.63. The van der Waals surface area contributed by atoms with Crippen molar-refractivity contribution in [2.24, 2.45) is 5.92 Å². The molecule has 0 spiro atoms. The number of unbranched alkanes of at least 4 members (excludes halogenated alkanes) is 1. The molecular weight excluding hydrogens is 230 g/mol. The highest BCUT2D eigenvalue weighted by Gasteiger charge is 1.99. The van der Waals surface area contributed by atoms with E-state index in [0.717, 1.165) is 25.4 Å². The predicted molar refractivity (Wildman–Crippen MR) is 76.8 cm³/mol. The van der Waals surface area contributed by atoms with E-state index in [9.17, 15) is 0 Å². The summed E-state index contributed by atoms with van der Waals surface area (Å²) in [4.78, 5) is 0. The van der Waals surface area contributed by atoms with Gasteiger partial charge in [-0.25, -0.2) is 0 Å². The zero-order valence-electron chi connectivity index (χ0n) is 10.8. The topological polar surface area (TPSA) is 12.0 Å². The quantitative estimate of drug-likeness (QED) is 0.521. The summed E-state index contributed by atoms with van der Waals surface area (Å²) in [5.74, 6) is 1.47. The minimum atomic E-state index is 0.696. The molecule has 1 atom stereocenters. The Bertz CT molecular complexity index is 274. The lowest BCUT2D eigenvalue weighted by Crippen LogP contribution is -2.22. The summed E-state index contributed by atoms with van der Waals surface area (Å²) < 4.78 is 0. The highest BCUT2D eigenvalue weighted by atomic mass is 35.5. The third kappa shape index (κ3) is 7.40. The smallest absolute Gasteiger partial charge is 0.0226 e. The van der Waals surface area contributed by atoms with Crippen molar-refractivity contribution in [3.63, 3.8) is 0 Å². The second-order valence-electron chi connectivity index (χ2n) is 4.73. The van der Waals surface area contributed by atoms with Gasteiger partial charge in [0, 0.05) is 5.88 Å². The van der Waals surface area contributed by atoms with Gasteiger partial charge in [-0.05, 0) is 50.3 Å². The molecule has 1 rings (SSSR count). The molecule has 0 amide bonds. The molecule has 0 bridgehead atoms. The Hall–Kier alpha value is -0.530. The summed E-state index contributed by atoms with van der Waals surface area (Å²) in [6.45, 7) is 4.47. The van der Waals surface area contributed by atoms with Crippen molar-refractivity contribution < 1.29 is 0 Å². The van der Waals surface area contributed by atoms with Crippen LogP contribution in [0.3, 0.4) is 0 Å². The Morgan fingerprint density at radius 1 is 1.18 bits per heavy atom. The van der Waals surface area contributed by atoms with Crippen LogP contribution in [0.1, 0.15) is 31.7 Å². The lowest BCUT2D eigenvalue weighted by Gasteiger charge is -2.10. The monoisotopic (exact) mass is 253 g/mol. The minimum Gasteiger partial charge on any atom is -0.316 e. The summed E-state index contributed by atoms with van der Waals surface area (Å²) in [6, 6.07) is 10.7. The van der Waals surface area contributed by atoms with Gasteiger partial charge in [-0.15, -0.1) is 11.6 Å². The van der Waals surface area contributed by atoms with E-state index in [1.807, 2.05) is 0 Å². The molecule has 0 heterocycles. The van der Waals surface area contributed by atoms with Gasteiger partial charge in [0.25, 0.3) is 0 Å². The molecular formula is C15H24ClN. The molecule has 0 aliphatic rings. The fourth-order valence-electron chi connectivity index (χ4n) is 1.86. The second kappa shape index (κ2) is 9.49. The average molecular weight is 254 g/mol. The van der Waals surface area contributed by atoms with Crippen molar-refractivity contribution in [3.05, 3.63) is 35.9 Å². The number of rotatable bonds is 9. The standard InChI is InChI=1S/C15H24ClN/c1-14(10-11-16)13-17-12-6-5-9-15-7-3-2-4-8-15/h2-4,7-8,14,17H,5-6,9-13H2,1H3. The van der Waals surface area contributed by atoms with Gasteiger partial charge in [-0.2, -0.15) is 0 Å². The van der Waals surface area contributed by atoms with Crippen LogP contribution < -0.4 is 5.32 Å². The van der Waals surface area contributed by atoms with Gasteiger partial charge in [-0.1, -0.05) is 37.3 Å². The summed E-state index contributed by atoms with van der Waals surface area (Å²) in [5.41, 5.74) is 1.45. The van der Waals surface area contributed by atoms with Crippen LogP contribution in [0, 0.1) is 5.92 Å². The van der Waals surface area contributed by atoms with Gasteiger partial charge < -0.3 is 5.32 Å². The van der Waals surface area contributed by atoms with Crippen molar-refractivity contribution in [2.75, 3.05) is 19.0 Å². The Morgan fingerprint density at radius 2 is 1.94 bits per heavy atom. The largest absolute Gasteiger partial charge is 0.316 e. The molecule has 0 radical (unpaired) electrons. The highest BCUT2D eigenvalue weighted by Crippen LogP contribution is 2.04. The van der Waals surface area contributed by atoms with Crippen LogP contribution in [0.5, 0.6) is 0 Å². The van der Waals surface area contributed by atoms with Crippen LogP contribution in [-0.4, -0.2) is 19.0 Å². The van der Waals surface area contributed by atoms with Gasteiger partial charge in [0.15, 0.2) is 0 Å². The fourth-order valence-corrected chi connectivity index (χ4v) is 2.23. The van der Waals surface area contributed by atoms with E-state index in [1.165, 1.54) is 24.8 Å². The maximum Gasteiger partial charge on any atom is 0.0226 e. The third-order valence-corrected chi connectivity index (χ3v) is 3.22. The Kier molecular flexibility index (Phi) is 8.12. The van der Waals surface area contributed by atoms with Crippen LogP contribution in [-0.2, 0) is 6.42 Å². The zero-order chi connectivity index (χ0) is 12.3. The van der Waals surface area contributed by atoms with Crippen molar-refractivity contribution >= 4 is 11.6 Å². The van der Waals surface area contributed by atoms with Gasteiger partial charge in [-0.3, -0.25) is 0 Å². The van der Waals surface area contributed by atoms with Crippen LogP contribution in [0.15, 0.2) is 30.3 Å². The molecule has 1 N–H and O–H groups in total. The first-order chi connectivity index (χ1) is 8.33. The van der Waals surface area contributed by atoms with E-state index in [2.05, 4.69) is 42.6 Å². The number of benzene rings is 1. The van der Waals surface area contributed by atoms with Crippen LogP contribution in [0.4, 0.5) is 0 Å². The molecule has 1 aromatic rings. The number of aryl methyl sites for hydroxylation is 1. The van der Waals surface area contributed by atoms with E-state index in [1.54, 1.807) is 0 Å². The number of nitrogens with one attached hydrogen (secondary N) is 1. The van der Waals surface area contributed by atoms with Crippen molar-refractivity contribution in [1.82, 2.24) is 5.32 Å². The molecule has 0 saturated heterocycles. The van der Waals surface area contributed by atoms with Gasteiger partial charge in [0.1, 0.15) is 0 Å². The Labute approximate surface area is 111 Å². The average Bonchev–Trinajstić information content (AvgIpc) is 2.35. The lowest BCUT2D eigenvalue weighted by molar-refractivity contribution is 0.493. The predicted octanol–water partition coefficient (Wildman–Crippen LogP) is 3.86. The molecule has 2 heteroatoms. The van der Waals surface area contributed by atoms with Crippen LogP contribution >= 0.6 is 11.6 Å². The number of hydrogen-bond donors (Lipinski definition) is 1. The third-order valence-electron chi connectivity index (χ3n) is 3.01. The van der Waals surface area contributed by atoms with E-state index in [0.29, 0.717) is 5.92 Å². The highest BCUT2D eigenvalue weighted by molar-refractivity contribution is 6.17. The number of hydrogen-bond acceptors (Lipinski definition) is 1. The molecule has 1 aromatic carbocycles. The summed E-state index contributed by atoms with van der Waals surface area (Å²) in [7, 11) is 0. The Morgan fingerprint density at radius 3 is 2.65 bits per heavy atom. The van der Waals surface area contributed by atoms with E-state index in [4.69, 9.17) is 11.6 Å². The molecule has 0 aliphatic heterocycles. The summed E-state index contributed by atoms with van der Waals surface area (Å²) >= 11 is 5.70. The summed E-state index contributed by atoms with van der Waals surface area (Å²) in [5, 5.41) is 3.50. The number of alkyl halides is 1. The maximum atomic E-state index is 5.70. The first kappa shape index (κ1) is 14.5. The maximum absolute atomic E-state index is 5.70. The second-order valence-corrected chi connectivity index (χ2v) is 5.11.